The molecule has 2 aromatic carbocycles. The molecular weight excluding hydrogens is 470 g/mol. The van der Waals surface area contributed by atoms with Crippen LogP contribution in [0.2, 0.25) is 0 Å². The summed E-state index contributed by atoms with van der Waals surface area (Å²) in [6.07, 6.45) is -0.0365. The number of amides is 2. The van der Waals surface area contributed by atoms with E-state index in [0.29, 0.717) is 68.3 Å². The van der Waals surface area contributed by atoms with Crippen molar-refractivity contribution < 1.29 is 24.2 Å². The number of aliphatic hydroxyl groups excluding tert-OH is 1. The fourth-order valence-corrected chi connectivity index (χ4v) is 4.56. The Morgan fingerprint density at radius 3 is 2.57 bits per heavy atom. The van der Waals surface area contributed by atoms with Gasteiger partial charge in [0.15, 0.2) is 0 Å². The Morgan fingerprint density at radius 2 is 1.86 bits per heavy atom. The van der Waals surface area contributed by atoms with Gasteiger partial charge in [0.1, 0.15) is 5.75 Å². The first kappa shape index (κ1) is 26.9. The highest BCUT2D eigenvalue weighted by molar-refractivity contribution is 6.01. The highest BCUT2D eigenvalue weighted by Gasteiger charge is 2.27. The zero-order valence-electron chi connectivity index (χ0n) is 20.2. The van der Waals surface area contributed by atoms with E-state index in [1.807, 2.05) is 19.1 Å². The number of hydrogen-bond acceptors (Lipinski definition) is 6. The lowest BCUT2D eigenvalue weighted by molar-refractivity contribution is 0.0302. The Balaban J connectivity index is 0.00000342. The van der Waals surface area contributed by atoms with E-state index >= 15 is 0 Å². The molecule has 2 aliphatic rings. The number of nitrogens with zero attached hydrogens (tertiary/aromatic N) is 1. The number of morpholine rings is 1. The van der Waals surface area contributed by atoms with E-state index in [4.69, 9.17) is 9.47 Å². The van der Waals surface area contributed by atoms with E-state index < -0.39 is 6.10 Å². The van der Waals surface area contributed by atoms with Gasteiger partial charge in [0.25, 0.3) is 11.8 Å². The van der Waals surface area contributed by atoms with E-state index in [0.717, 1.165) is 0 Å². The highest BCUT2D eigenvalue weighted by atomic mass is 35.5. The van der Waals surface area contributed by atoms with Gasteiger partial charge < -0.3 is 30.1 Å². The zero-order chi connectivity index (χ0) is 24.1. The van der Waals surface area contributed by atoms with Gasteiger partial charge in [-0.05, 0) is 43.5 Å². The van der Waals surface area contributed by atoms with Crippen LogP contribution in [0.25, 0.3) is 0 Å². The van der Waals surface area contributed by atoms with Crippen LogP contribution < -0.4 is 15.4 Å². The summed E-state index contributed by atoms with van der Waals surface area (Å²) in [4.78, 5) is 27.8. The minimum Gasteiger partial charge on any atom is -0.493 e. The average Bonchev–Trinajstić information content (AvgIpc) is 2.88. The third kappa shape index (κ3) is 6.13. The van der Waals surface area contributed by atoms with Gasteiger partial charge in [-0.15, -0.1) is 12.4 Å². The highest BCUT2D eigenvalue weighted by Crippen LogP contribution is 2.28. The van der Waals surface area contributed by atoms with Crippen molar-refractivity contribution in [1.29, 1.82) is 0 Å². The van der Waals surface area contributed by atoms with Crippen molar-refractivity contribution in [2.24, 2.45) is 0 Å². The Hall–Kier alpha value is -2.65. The summed E-state index contributed by atoms with van der Waals surface area (Å²) in [7, 11) is 0. The molecule has 2 aromatic rings. The molecular formula is C26H34ClN3O5. The van der Waals surface area contributed by atoms with Gasteiger partial charge in [-0.1, -0.05) is 24.3 Å². The second kappa shape index (κ2) is 12.4. The smallest absolute Gasteiger partial charge is 0.255 e. The molecule has 0 aromatic heterocycles. The minimum absolute atomic E-state index is 0. The van der Waals surface area contributed by atoms with Crippen molar-refractivity contribution in [2.45, 2.75) is 39.0 Å². The summed E-state index contributed by atoms with van der Waals surface area (Å²) >= 11 is 0. The topological polar surface area (TPSA) is 100 Å². The van der Waals surface area contributed by atoms with Crippen molar-refractivity contribution in [3.8, 4) is 5.75 Å². The summed E-state index contributed by atoms with van der Waals surface area (Å²) in [5.74, 6) is -0.0294. The van der Waals surface area contributed by atoms with Gasteiger partial charge in [-0.25, -0.2) is 0 Å². The summed E-state index contributed by atoms with van der Waals surface area (Å²) in [5, 5.41) is 16.9. The first-order valence-corrected chi connectivity index (χ1v) is 11.9. The zero-order valence-corrected chi connectivity index (χ0v) is 21.0. The maximum Gasteiger partial charge on any atom is 0.255 e. The average molecular weight is 504 g/mol. The summed E-state index contributed by atoms with van der Waals surface area (Å²) in [5.41, 5.74) is 3.96. The molecule has 35 heavy (non-hydrogen) atoms. The minimum atomic E-state index is -0.740. The van der Waals surface area contributed by atoms with Crippen molar-refractivity contribution in [3.63, 3.8) is 0 Å². The van der Waals surface area contributed by atoms with Gasteiger partial charge in [0.05, 0.1) is 31.5 Å². The van der Waals surface area contributed by atoms with Gasteiger partial charge in [0, 0.05) is 43.3 Å². The molecule has 8 nitrogen and oxygen atoms in total. The SMILES string of the molecule is CCOc1c(C(=O)NCC(O)[C@@H]2Cc3ccccc3CN2)ccc(C(=O)N2CCOCC2)c1C.Cl. The van der Waals surface area contributed by atoms with Gasteiger partial charge in [0.2, 0.25) is 0 Å². The Morgan fingerprint density at radius 1 is 1.17 bits per heavy atom. The molecule has 2 heterocycles. The van der Waals surface area contributed by atoms with Crippen molar-refractivity contribution in [3.05, 3.63) is 64.2 Å². The fraction of sp³-hybridized carbons (Fsp3) is 0.462. The number of carbonyl (C=O) groups is 2. The normalized spacial score (nSPS) is 18.1. The molecule has 190 valence electrons. The Kier molecular flexibility index (Phi) is 9.51. The van der Waals surface area contributed by atoms with Crippen LogP contribution in [0.1, 0.15) is 44.3 Å². The largest absolute Gasteiger partial charge is 0.493 e. The molecule has 0 radical (unpaired) electrons. The van der Waals surface area contributed by atoms with Crippen molar-refractivity contribution >= 4 is 24.2 Å². The Bertz CT molecular complexity index is 1040. The molecule has 0 bridgehead atoms. The second-order valence-electron chi connectivity index (χ2n) is 8.69. The van der Waals surface area contributed by atoms with Crippen LogP contribution in [0, 0.1) is 6.92 Å². The number of ether oxygens (including phenoxy) is 2. The number of nitrogens with one attached hydrogen (secondary N) is 2. The van der Waals surface area contributed by atoms with Crippen LogP contribution in [0.15, 0.2) is 36.4 Å². The number of aliphatic hydroxyl groups is 1. The quantitative estimate of drug-likeness (QED) is 0.535. The molecule has 4 rings (SSSR count). The van der Waals surface area contributed by atoms with Crippen LogP contribution in [0.3, 0.4) is 0 Å². The van der Waals surface area contributed by atoms with E-state index in [9.17, 15) is 14.7 Å². The van der Waals surface area contributed by atoms with Crippen LogP contribution in [-0.4, -0.2) is 73.4 Å². The molecule has 0 spiro atoms. The maximum atomic E-state index is 13.0. The summed E-state index contributed by atoms with van der Waals surface area (Å²) in [6, 6.07) is 11.3. The third-order valence-corrected chi connectivity index (χ3v) is 6.52. The second-order valence-corrected chi connectivity index (χ2v) is 8.69. The molecule has 9 heteroatoms. The van der Waals surface area contributed by atoms with E-state index in [1.54, 1.807) is 24.0 Å². The lowest BCUT2D eigenvalue weighted by atomic mass is 9.93. The molecule has 2 aliphatic heterocycles. The molecule has 0 aliphatic carbocycles. The van der Waals surface area contributed by atoms with Crippen LogP contribution in [0.5, 0.6) is 5.75 Å². The van der Waals surface area contributed by atoms with Crippen molar-refractivity contribution in [2.75, 3.05) is 39.5 Å². The van der Waals surface area contributed by atoms with Gasteiger partial charge >= 0.3 is 0 Å². The molecule has 2 amide bonds. The number of hydrogen-bond donors (Lipinski definition) is 3. The predicted octanol–water partition coefficient (Wildman–Crippen LogP) is 2.09. The maximum absolute atomic E-state index is 13.0. The van der Waals surface area contributed by atoms with Crippen LogP contribution >= 0.6 is 12.4 Å². The first-order valence-electron chi connectivity index (χ1n) is 11.9. The molecule has 1 unspecified atom stereocenters. The van der Waals surface area contributed by atoms with Crippen molar-refractivity contribution in [1.82, 2.24) is 15.5 Å². The molecule has 2 atom stereocenters. The predicted molar refractivity (Wildman–Crippen MR) is 135 cm³/mol. The Labute approximate surface area is 212 Å². The summed E-state index contributed by atoms with van der Waals surface area (Å²) in [6.45, 7) is 6.94. The third-order valence-electron chi connectivity index (χ3n) is 6.52. The number of fused-ring (bicyclic) bond motifs is 1. The van der Waals surface area contributed by atoms with Gasteiger partial charge in [-0.2, -0.15) is 0 Å². The number of halogens is 1. The lowest BCUT2D eigenvalue weighted by Crippen LogP contribution is -2.49. The van der Waals surface area contributed by atoms with E-state index in [-0.39, 0.29) is 36.8 Å². The number of benzene rings is 2. The summed E-state index contributed by atoms with van der Waals surface area (Å²) < 4.78 is 11.1. The molecule has 0 saturated carbocycles. The lowest BCUT2D eigenvalue weighted by Gasteiger charge is -2.30. The van der Waals surface area contributed by atoms with E-state index in [1.165, 1.54) is 11.1 Å². The first-order chi connectivity index (χ1) is 16.5. The van der Waals surface area contributed by atoms with Crippen LogP contribution in [-0.2, 0) is 17.7 Å². The number of rotatable bonds is 7. The standard InChI is InChI=1S/C26H33N3O5.ClH/c1-3-34-24-17(2)20(26(32)29-10-12-33-13-11-29)8-9-21(24)25(31)28-16-23(30)22-14-18-6-4-5-7-19(18)15-27-22;/h4-9,22-23,27,30H,3,10-16H2,1-2H3,(H,28,31);1H/t22-,23?;/m0./s1. The molecule has 1 saturated heterocycles. The monoisotopic (exact) mass is 503 g/mol. The molecule has 3 N–H and O–H groups in total. The van der Waals surface area contributed by atoms with Crippen LogP contribution in [0.4, 0.5) is 0 Å². The number of carbonyl (C=O) groups excluding carboxylic acids is 2. The molecule has 1 fully saturated rings. The van der Waals surface area contributed by atoms with Gasteiger partial charge in [-0.3, -0.25) is 9.59 Å². The van der Waals surface area contributed by atoms with E-state index in [2.05, 4.69) is 22.8 Å². The fourth-order valence-electron chi connectivity index (χ4n) is 4.56.